The second kappa shape index (κ2) is 5.93. The normalized spacial score (nSPS) is 16.9. The van der Waals surface area contributed by atoms with Crippen molar-refractivity contribution in [3.8, 4) is 0 Å². The Morgan fingerprint density at radius 3 is 2.22 bits per heavy atom. The van der Waals surface area contributed by atoms with E-state index in [1.807, 2.05) is 38.1 Å². The number of aryl methyl sites for hydroxylation is 1. The Labute approximate surface area is 139 Å². The molecule has 2 aromatic carbocycles. The van der Waals surface area contributed by atoms with Crippen LogP contribution in [0.5, 0.6) is 0 Å². The molecule has 1 fully saturated rings. The fourth-order valence-corrected chi connectivity index (χ4v) is 3.28. The Kier molecular flexibility index (Phi) is 3.96. The summed E-state index contributed by atoms with van der Waals surface area (Å²) < 4.78 is 0. The molecule has 0 aromatic heterocycles. The molecule has 1 heterocycles. The van der Waals surface area contributed by atoms with Gasteiger partial charge in [-0.15, -0.1) is 0 Å². The lowest BCUT2D eigenvalue weighted by atomic mass is 10.1. The number of hydrogen-bond donors (Lipinski definition) is 1. The van der Waals surface area contributed by atoms with Crippen LogP contribution in [-0.4, -0.2) is 11.1 Å². The smallest absolute Gasteiger partial charge is 0.298 e. The molecule has 2 amide bonds. The van der Waals surface area contributed by atoms with E-state index in [2.05, 4.69) is 0 Å². The molecular weight excluding hydrogens is 308 g/mol. The van der Waals surface area contributed by atoms with Gasteiger partial charge in [-0.05, 0) is 61.0 Å². The molecule has 0 radical (unpaired) electrons. The number of nitrogens with two attached hydrogens (primary N) is 1. The summed E-state index contributed by atoms with van der Waals surface area (Å²) in [5.41, 5.74) is 9.69. The number of allylic oxidation sites excluding steroid dienone is 1. The first-order chi connectivity index (χ1) is 11.0. The van der Waals surface area contributed by atoms with Crippen molar-refractivity contribution in [3.63, 3.8) is 0 Å². The number of rotatable bonds is 2. The molecule has 1 aliphatic heterocycles. The summed E-state index contributed by atoms with van der Waals surface area (Å²) >= 11 is 0.974. The van der Waals surface area contributed by atoms with E-state index >= 15 is 0 Å². The van der Waals surface area contributed by atoms with Crippen LogP contribution in [0.25, 0.3) is 5.57 Å². The molecule has 23 heavy (non-hydrogen) atoms. The molecule has 116 valence electrons. The topological polar surface area (TPSA) is 63.4 Å². The zero-order valence-corrected chi connectivity index (χ0v) is 13.7. The second-order valence-electron chi connectivity index (χ2n) is 5.42. The number of thioether (sulfide) groups is 1. The van der Waals surface area contributed by atoms with Crippen LogP contribution in [0.15, 0.2) is 53.4 Å². The highest BCUT2D eigenvalue weighted by Crippen LogP contribution is 2.38. The monoisotopic (exact) mass is 324 g/mol. The molecule has 2 N–H and O–H groups in total. The zero-order chi connectivity index (χ0) is 16.6. The van der Waals surface area contributed by atoms with E-state index in [9.17, 15) is 9.59 Å². The highest BCUT2D eigenvalue weighted by Gasteiger charge is 2.37. The maximum absolute atomic E-state index is 12.7. The minimum absolute atomic E-state index is 0.274. The molecule has 0 bridgehead atoms. The molecule has 4 nitrogen and oxygen atoms in total. The maximum atomic E-state index is 12.7. The highest BCUT2D eigenvalue weighted by molar-refractivity contribution is 8.19. The summed E-state index contributed by atoms with van der Waals surface area (Å²) in [6.45, 7) is 3.81. The lowest BCUT2D eigenvalue weighted by molar-refractivity contribution is -0.113. The van der Waals surface area contributed by atoms with Gasteiger partial charge in [-0.3, -0.25) is 9.59 Å². The maximum Gasteiger partial charge on any atom is 0.298 e. The van der Waals surface area contributed by atoms with Crippen molar-refractivity contribution in [1.29, 1.82) is 0 Å². The first-order valence-corrected chi connectivity index (χ1v) is 7.99. The summed E-state index contributed by atoms with van der Waals surface area (Å²) in [6, 6.07) is 14.6. The minimum Gasteiger partial charge on any atom is -0.399 e. The Hall–Kier alpha value is -2.53. The molecule has 0 unspecified atom stereocenters. The molecule has 0 saturated carbocycles. The van der Waals surface area contributed by atoms with Crippen molar-refractivity contribution < 1.29 is 9.59 Å². The third-order valence-electron chi connectivity index (χ3n) is 3.75. The number of nitrogen functional groups attached to an aromatic ring is 1. The van der Waals surface area contributed by atoms with E-state index in [-0.39, 0.29) is 11.1 Å². The molecule has 2 aromatic rings. The molecule has 1 aliphatic rings. The van der Waals surface area contributed by atoms with Gasteiger partial charge >= 0.3 is 0 Å². The van der Waals surface area contributed by atoms with Gasteiger partial charge in [0.25, 0.3) is 11.1 Å². The fourth-order valence-electron chi connectivity index (χ4n) is 2.38. The third-order valence-corrected chi connectivity index (χ3v) is 4.79. The van der Waals surface area contributed by atoms with Crippen LogP contribution in [0.2, 0.25) is 0 Å². The standard InChI is InChI=1S/C18H16N2O2S/c1-11-3-9-15(10-4-11)20-17(21)16(23-18(20)22)12(2)13-5-7-14(19)8-6-13/h3-10H,19H2,1-2H3/b16-12-. The van der Waals surface area contributed by atoms with Crippen LogP contribution in [0, 0.1) is 6.92 Å². The van der Waals surface area contributed by atoms with Crippen molar-refractivity contribution in [2.24, 2.45) is 0 Å². The van der Waals surface area contributed by atoms with E-state index in [4.69, 9.17) is 5.73 Å². The van der Waals surface area contributed by atoms with Crippen molar-refractivity contribution in [3.05, 3.63) is 64.6 Å². The first kappa shape index (κ1) is 15.4. The fraction of sp³-hybridized carbons (Fsp3) is 0.111. The molecule has 0 aliphatic carbocycles. The van der Waals surface area contributed by atoms with E-state index in [1.165, 1.54) is 4.90 Å². The minimum atomic E-state index is -0.279. The van der Waals surface area contributed by atoms with Crippen LogP contribution in [0.3, 0.4) is 0 Å². The van der Waals surface area contributed by atoms with Gasteiger partial charge in [0.05, 0.1) is 10.6 Å². The van der Waals surface area contributed by atoms with E-state index in [0.717, 1.165) is 28.5 Å². The van der Waals surface area contributed by atoms with Crippen LogP contribution >= 0.6 is 11.8 Å². The third kappa shape index (κ3) is 2.87. The number of carbonyl (C=O) groups is 2. The van der Waals surface area contributed by atoms with Crippen molar-refractivity contribution in [2.45, 2.75) is 13.8 Å². The lowest BCUT2D eigenvalue weighted by Crippen LogP contribution is -2.27. The van der Waals surface area contributed by atoms with Gasteiger partial charge in [0, 0.05) is 5.69 Å². The lowest BCUT2D eigenvalue weighted by Gasteiger charge is -2.13. The molecule has 0 spiro atoms. The average Bonchev–Trinajstić information content (AvgIpc) is 2.83. The summed E-state index contributed by atoms with van der Waals surface area (Å²) in [5.74, 6) is -0.279. The van der Waals surface area contributed by atoms with Gasteiger partial charge in [-0.1, -0.05) is 29.8 Å². The zero-order valence-electron chi connectivity index (χ0n) is 12.9. The van der Waals surface area contributed by atoms with Gasteiger partial charge < -0.3 is 5.73 Å². The summed E-state index contributed by atoms with van der Waals surface area (Å²) in [5, 5.41) is -0.274. The molecule has 0 atom stereocenters. The second-order valence-corrected chi connectivity index (χ2v) is 6.38. The van der Waals surface area contributed by atoms with Crippen molar-refractivity contribution >= 4 is 39.9 Å². The van der Waals surface area contributed by atoms with Gasteiger partial charge in [-0.2, -0.15) is 0 Å². The van der Waals surface area contributed by atoms with E-state index < -0.39 is 0 Å². The number of anilines is 2. The molecule has 3 rings (SSSR count). The Morgan fingerprint density at radius 1 is 1.00 bits per heavy atom. The molecule has 1 saturated heterocycles. The largest absolute Gasteiger partial charge is 0.399 e. The Morgan fingerprint density at radius 2 is 1.61 bits per heavy atom. The van der Waals surface area contributed by atoms with Crippen LogP contribution in [-0.2, 0) is 4.79 Å². The van der Waals surface area contributed by atoms with Gasteiger partial charge in [-0.25, -0.2) is 4.90 Å². The average molecular weight is 324 g/mol. The van der Waals surface area contributed by atoms with Gasteiger partial charge in [0.15, 0.2) is 0 Å². The van der Waals surface area contributed by atoms with Gasteiger partial charge in [0.1, 0.15) is 0 Å². The van der Waals surface area contributed by atoms with Gasteiger partial charge in [0.2, 0.25) is 0 Å². The van der Waals surface area contributed by atoms with Crippen molar-refractivity contribution in [1.82, 2.24) is 0 Å². The Balaban J connectivity index is 1.98. The predicted molar refractivity (Wildman–Crippen MR) is 95.1 cm³/mol. The molecular formula is C18H16N2O2S. The van der Waals surface area contributed by atoms with Crippen LogP contribution in [0.4, 0.5) is 16.2 Å². The number of hydrogen-bond acceptors (Lipinski definition) is 4. The summed E-state index contributed by atoms with van der Waals surface area (Å²) in [6.07, 6.45) is 0. The summed E-state index contributed by atoms with van der Waals surface area (Å²) in [7, 11) is 0. The van der Waals surface area contributed by atoms with Crippen molar-refractivity contribution in [2.75, 3.05) is 10.6 Å². The van der Waals surface area contributed by atoms with E-state index in [1.54, 1.807) is 24.3 Å². The number of carbonyl (C=O) groups excluding carboxylic acids is 2. The van der Waals surface area contributed by atoms with Crippen LogP contribution < -0.4 is 10.6 Å². The quantitative estimate of drug-likeness (QED) is 0.664. The number of nitrogens with zero attached hydrogens (tertiary/aromatic N) is 1. The number of benzene rings is 2. The van der Waals surface area contributed by atoms with E-state index in [0.29, 0.717) is 16.3 Å². The molecule has 5 heteroatoms. The Bertz CT molecular complexity index is 808. The summed E-state index contributed by atoms with van der Waals surface area (Å²) in [4.78, 5) is 26.7. The van der Waals surface area contributed by atoms with Crippen LogP contribution in [0.1, 0.15) is 18.1 Å². The first-order valence-electron chi connectivity index (χ1n) is 7.17. The highest BCUT2D eigenvalue weighted by atomic mass is 32.2. The number of amides is 2. The SMILES string of the molecule is C/C(=C1/SC(=O)N(c2ccc(C)cc2)C1=O)c1ccc(N)cc1. The number of imide groups is 1. The predicted octanol–water partition coefficient (Wildman–Crippen LogP) is 4.21.